The summed E-state index contributed by atoms with van der Waals surface area (Å²) < 4.78 is 0. The number of rotatable bonds is 2. The van der Waals surface area contributed by atoms with E-state index in [1.807, 2.05) is 30.0 Å². The summed E-state index contributed by atoms with van der Waals surface area (Å²) in [6, 6.07) is 5.86. The number of nitrogen functional groups attached to an aromatic ring is 1. The summed E-state index contributed by atoms with van der Waals surface area (Å²) in [6.07, 6.45) is 1.74. The number of thioether (sulfide) groups is 1. The van der Waals surface area contributed by atoms with E-state index < -0.39 is 5.91 Å². The number of anilines is 2. The zero-order chi connectivity index (χ0) is 11.7. The smallest absolute Gasteiger partial charge is 0.256 e. The molecule has 1 aromatic rings. The number of nitrogens with two attached hydrogens (primary N) is 2. The molecule has 0 saturated carbocycles. The third-order valence-electron chi connectivity index (χ3n) is 2.37. The number of nitrogens with zero attached hydrogens (tertiary/aromatic N) is 1. The highest BCUT2D eigenvalue weighted by molar-refractivity contribution is 8.04. The number of aryl methyl sites for hydroxylation is 1. The fraction of sp³-hybridized carbons (Fsp3) is 0.182. The van der Waals surface area contributed by atoms with Crippen molar-refractivity contribution >= 4 is 29.0 Å². The lowest BCUT2D eigenvalue weighted by atomic mass is 10.2. The van der Waals surface area contributed by atoms with Gasteiger partial charge in [0.2, 0.25) is 0 Å². The lowest BCUT2D eigenvalue weighted by Crippen LogP contribution is -2.13. The average molecular weight is 235 g/mol. The monoisotopic (exact) mass is 235 g/mol. The first-order valence-electron chi connectivity index (χ1n) is 4.85. The lowest BCUT2D eigenvalue weighted by molar-refractivity contribution is -0.113. The van der Waals surface area contributed by atoms with Crippen LogP contribution >= 0.6 is 11.8 Å². The van der Waals surface area contributed by atoms with Gasteiger partial charge < -0.3 is 16.4 Å². The normalized spacial score (nSPS) is 15.1. The number of benzene rings is 1. The van der Waals surface area contributed by atoms with Crippen molar-refractivity contribution in [1.29, 1.82) is 0 Å². The molecule has 0 saturated heterocycles. The number of hydrogen-bond acceptors (Lipinski definition) is 4. The molecule has 2 rings (SSSR count). The molecule has 0 unspecified atom stereocenters. The highest BCUT2D eigenvalue weighted by Gasteiger charge is 2.19. The molecular formula is C11H13N3OS. The predicted octanol–water partition coefficient (Wildman–Crippen LogP) is 1.41. The molecule has 84 valence electrons. The quantitative estimate of drug-likeness (QED) is 0.760. The first-order valence-corrected chi connectivity index (χ1v) is 5.83. The first kappa shape index (κ1) is 10.9. The molecule has 0 bridgehead atoms. The van der Waals surface area contributed by atoms with Crippen molar-refractivity contribution < 1.29 is 4.79 Å². The van der Waals surface area contributed by atoms with E-state index in [2.05, 4.69) is 0 Å². The number of carbonyl (C=O) groups is 1. The molecule has 1 amide bonds. The highest BCUT2D eigenvalue weighted by atomic mass is 32.2. The van der Waals surface area contributed by atoms with Gasteiger partial charge in [-0.15, -0.1) is 0 Å². The zero-order valence-electron chi connectivity index (χ0n) is 8.93. The maximum atomic E-state index is 11.0. The van der Waals surface area contributed by atoms with Gasteiger partial charge in [-0.1, -0.05) is 17.8 Å². The molecule has 1 aliphatic rings. The summed E-state index contributed by atoms with van der Waals surface area (Å²) in [4.78, 5) is 13.5. The van der Waals surface area contributed by atoms with Gasteiger partial charge in [-0.25, -0.2) is 0 Å². The lowest BCUT2D eigenvalue weighted by Gasteiger charge is -2.17. The average Bonchev–Trinajstić information content (AvgIpc) is 2.66. The van der Waals surface area contributed by atoms with Gasteiger partial charge in [0.15, 0.2) is 0 Å². The van der Waals surface area contributed by atoms with Crippen LogP contribution in [0.2, 0.25) is 0 Å². The van der Waals surface area contributed by atoms with Crippen molar-refractivity contribution in [3.05, 3.63) is 34.9 Å². The van der Waals surface area contributed by atoms with Crippen molar-refractivity contribution in [3.63, 3.8) is 0 Å². The molecule has 0 fully saturated rings. The summed E-state index contributed by atoms with van der Waals surface area (Å²) in [5, 5.41) is 0. The Morgan fingerprint density at radius 3 is 2.81 bits per heavy atom. The second-order valence-corrected chi connectivity index (χ2v) is 4.65. The van der Waals surface area contributed by atoms with Gasteiger partial charge in [-0.05, 0) is 24.6 Å². The predicted molar refractivity (Wildman–Crippen MR) is 67.8 cm³/mol. The number of carbonyl (C=O) groups excluding carboxylic acids is 1. The summed E-state index contributed by atoms with van der Waals surface area (Å²) in [5.74, 6) is 0.282. The number of hydrogen-bond donors (Lipinski definition) is 2. The summed E-state index contributed by atoms with van der Waals surface area (Å²) in [5.41, 5.74) is 13.9. The Morgan fingerprint density at radius 2 is 2.25 bits per heavy atom. The van der Waals surface area contributed by atoms with E-state index >= 15 is 0 Å². The van der Waals surface area contributed by atoms with Crippen molar-refractivity contribution in [1.82, 2.24) is 0 Å². The second-order valence-electron chi connectivity index (χ2n) is 3.66. The van der Waals surface area contributed by atoms with Crippen LogP contribution < -0.4 is 16.4 Å². The first-order chi connectivity index (χ1) is 7.58. The Bertz CT molecular complexity index is 470. The van der Waals surface area contributed by atoms with Crippen LogP contribution in [0.1, 0.15) is 5.56 Å². The second kappa shape index (κ2) is 4.09. The van der Waals surface area contributed by atoms with E-state index in [-0.39, 0.29) is 0 Å². The molecule has 1 aliphatic heterocycles. The molecule has 16 heavy (non-hydrogen) atoms. The van der Waals surface area contributed by atoms with Crippen LogP contribution in [0, 0.1) is 6.92 Å². The fourth-order valence-electron chi connectivity index (χ4n) is 1.56. The summed E-state index contributed by atoms with van der Waals surface area (Å²) >= 11 is 1.42. The van der Waals surface area contributed by atoms with Gasteiger partial charge in [0.25, 0.3) is 5.91 Å². The number of amides is 1. The highest BCUT2D eigenvalue weighted by Crippen LogP contribution is 2.33. The molecule has 4 nitrogen and oxygen atoms in total. The van der Waals surface area contributed by atoms with Crippen LogP contribution in [0.25, 0.3) is 0 Å². The molecule has 4 N–H and O–H groups in total. The standard InChI is InChI=1S/C11H13N3OS/c1-7-2-3-9(8(12)4-7)14-5-10(11(13)15)16-6-14/h2-5H,6,12H2,1H3,(H2,13,15). The maximum absolute atomic E-state index is 11.0. The van der Waals surface area contributed by atoms with Crippen LogP contribution in [-0.4, -0.2) is 11.8 Å². The van der Waals surface area contributed by atoms with E-state index in [0.29, 0.717) is 16.5 Å². The van der Waals surface area contributed by atoms with Gasteiger partial charge >= 0.3 is 0 Å². The SMILES string of the molecule is Cc1ccc(N2C=C(C(N)=O)SC2)c(N)c1. The van der Waals surface area contributed by atoms with Gasteiger partial charge in [0.1, 0.15) is 0 Å². The summed E-state index contributed by atoms with van der Waals surface area (Å²) in [6.45, 7) is 1.99. The molecule has 5 heteroatoms. The Hall–Kier alpha value is -1.62. The van der Waals surface area contributed by atoms with Gasteiger partial charge in [-0.3, -0.25) is 4.79 Å². The molecular weight excluding hydrogens is 222 g/mol. The van der Waals surface area contributed by atoms with Gasteiger partial charge in [0, 0.05) is 6.20 Å². The van der Waals surface area contributed by atoms with Crippen molar-refractivity contribution in [2.45, 2.75) is 6.92 Å². The Balaban J connectivity index is 2.30. The molecule has 0 atom stereocenters. The molecule has 0 aromatic heterocycles. The topological polar surface area (TPSA) is 72.3 Å². The maximum Gasteiger partial charge on any atom is 0.256 e. The van der Waals surface area contributed by atoms with Crippen LogP contribution in [0.15, 0.2) is 29.3 Å². The van der Waals surface area contributed by atoms with Crippen molar-refractivity contribution in [2.24, 2.45) is 5.73 Å². The van der Waals surface area contributed by atoms with Crippen LogP contribution in [-0.2, 0) is 4.79 Å². The molecule has 1 heterocycles. The van der Waals surface area contributed by atoms with Crippen LogP contribution in [0.5, 0.6) is 0 Å². The zero-order valence-corrected chi connectivity index (χ0v) is 9.75. The van der Waals surface area contributed by atoms with E-state index in [4.69, 9.17) is 11.5 Å². The van der Waals surface area contributed by atoms with Gasteiger partial charge in [0.05, 0.1) is 22.2 Å². The Morgan fingerprint density at radius 1 is 1.50 bits per heavy atom. The minimum Gasteiger partial charge on any atom is -0.397 e. The summed E-state index contributed by atoms with van der Waals surface area (Å²) in [7, 11) is 0. The van der Waals surface area contributed by atoms with Crippen molar-refractivity contribution in [3.8, 4) is 0 Å². The molecule has 0 spiro atoms. The van der Waals surface area contributed by atoms with E-state index in [1.54, 1.807) is 6.20 Å². The molecule has 1 aromatic carbocycles. The molecule has 0 radical (unpaired) electrons. The Labute approximate surface area is 98.3 Å². The Kier molecular flexibility index (Phi) is 2.78. The minimum atomic E-state index is -0.391. The number of primary amides is 1. The third kappa shape index (κ3) is 1.99. The minimum absolute atomic E-state index is 0.391. The van der Waals surface area contributed by atoms with E-state index in [0.717, 1.165) is 11.3 Å². The van der Waals surface area contributed by atoms with Crippen LogP contribution in [0.4, 0.5) is 11.4 Å². The van der Waals surface area contributed by atoms with E-state index in [1.165, 1.54) is 11.8 Å². The van der Waals surface area contributed by atoms with Crippen LogP contribution in [0.3, 0.4) is 0 Å². The van der Waals surface area contributed by atoms with E-state index in [9.17, 15) is 4.79 Å². The largest absolute Gasteiger partial charge is 0.397 e. The van der Waals surface area contributed by atoms with Crippen molar-refractivity contribution in [2.75, 3.05) is 16.5 Å². The van der Waals surface area contributed by atoms with Gasteiger partial charge in [-0.2, -0.15) is 0 Å². The third-order valence-corrected chi connectivity index (χ3v) is 3.39. The fourth-order valence-corrected chi connectivity index (χ4v) is 2.40. The molecule has 0 aliphatic carbocycles.